The molecule has 2 nitrogen and oxygen atoms in total. The number of esters is 1. The van der Waals surface area contributed by atoms with Crippen molar-refractivity contribution in [1.82, 2.24) is 0 Å². The van der Waals surface area contributed by atoms with E-state index in [4.69, 9.17) is 4.74 Å². The number of rotatable bonds is 0. The van der Waals surface area contributed by atoms with Gasteiger partial charge >= 0.3 is 5.97 Å². The topological polar surface area (TPSA) is 26.3 Å². The maximum Gasteiger partial charge on any atom is 0.306 e. The molecule has 0 aromatic carbocycles. The minimum atomic E-state index is -0.0421. The van der Waals surface area contributed by atoms with E-state index in [0.29, 0.717) is 13.0 Å². The summed E-state index contributed by atoms with van der Waals surface area (Å²) >= 11 is 0. The summed E-state index contributed by atoms with van der Waals surface area (Å²) in [4.78, 5) is 11.3. The highest BCUT2D eigenvalue weighted by Gasteiger charge is 2.01. The predicted octanol–water partition coefficient (Wildman–Crippen LogP) is 4.00. The number of ether oxygens (including phenoxy) is 1. The number of hydrogen-bond acceptors (Lipinski definition) is 2. The standard InChI is InChI=1S/C14H24O2/c15-14-12-10-8-6-4-2-1-3-5-7-9-11-13-16-14/h9,11H,1-8,10,12-13H2/b11-9-. The molecule has 0 aliphatic carbocycles. The van der Waals surface area contributed by atoms with E-state index in [0.717, 1.165) is 12.8 Å². The van der Waals surface area contributed by atoms with Crippen LogP contribution in [0.4, 0.5) is 0 Å². The van der Waals surface area contributed by atoms with Gasteiger partial charge in [0.1, 0.15) is 6.61 Å². The van der Waals surface area contributed by atoms with Gasteiger partial charge in [-0.25, -0.2) is 0 Å². The SMILES string of the molecule is O=C1CCCCCCCCCC/C=C\CO1. The second kappa shape index (κ2) is 9.44. The van der Waals surface area contributed by atoms with Gasteiger partial charge in [0.15, 0.2) is 0 Å². The number of cyclic esters (lactones) is 1. The summed E-state index contributed by atoms with van der Waals surface area (Å²) in [5, 5.41) is 0. The first-order valence-corrected chi connectivity index (χ1v) is 6.70. The summed E-state index contributed by atoms with van der Waals surface area (Å²) < 4.78 is 5.09. The third-order valence-corrected chi connectivity index (χ3v) is 3.01. The fraction of sp³-hybridized carbons (Fsp3) is 0.786. The molecule has 1 heterocycles. The maximum atomic E-state index is 11.3. The van der Waals surface area contributed by atoms with Gasteiger partial charge in [-0.2, -0.15) is 0 Å². The molecule has 1 aliphatic heterocycles. The molecule has 0 fully saturated rings. The van der Waals surface area contributed by atoms with Crippen LogP contribution in [-0.2, 0) is 9.53 Å². The van der Waals surface area contributed by atoms with Gasteiger partial charge in [0.25, 0.3) is 0 Å². The molecule has 92 valence electrons. The van der Waals surface area contributed by atoms with Crippen LogP contribution in [0.15, 0.2) is 12.2 Å². The van der Waals surface area contributed by atoms with E-state index in [1.54, 1.807) is 0 Å². The summed E-state index contributed by atoms with van der Waals surface area (Å²) in [5.74, 6) is -0.0421. The van der Waals surface area contributed by atoms with Gasteiger partial charge in [0.05, 0.1) is 0 Å². The van der Waals surface area contributed by atoms with Crippen molar-refractivity contribution in [3.63, 3.8) is 0 Å². The van der Waals surface area contributed by atoms with Gasteiger partial charge in [0, 0.05) is 6.42 Å². The molecule has 16 heavy (non-hydrogen) atoms. The molecule has 0 unspecified atom stereocenters. The quantitative estimate of drug-likeness (QED) is 0.459. The zero-order valence-corrected chi connectivity index (χ0v) is 10.2. The second-order valence-corrected chi connectivity index (χ2v) is 4.52. The van der Waals surface area contributed by atoms with E-state index >= 15 is 0 Å². The van der Waals surface area contributed by atoms with Crippen molar-refractivity contribution in [3.8, 4) is 0 Å². The third-order valence-electron chi connectivity index (χ3n) is 3.01. The lowest BCUT2D eigenvalue weighted by Crippen LogP contribution is -2.03. The van der Waals surface area contributed by atoms with Crippen LogP contribution in [0, 0.1) is 0 Å². The van der Waals surface area contributed by atoms with Gasteiger partial charge in [-0.3, -0.25) is 4.79 Å². The van der Waals surface area contributed by atoms with Crippen molar-refractivity contribution >= 4 is 5.97 Å². The van der Waals surface area contributed by atoms with E-state index < -0.39 is 0 Å². The van der Waals surface area contributed by atoms with Crippen LogP contribution in [0.5, 0.6) is 0 Å². The highest BCUT2D eigenvalue weighted by atomic mass is 16.5. The molecule has 2 heteroatoms. The summed E-state index contributed by atoms with van der Waals surface area (Å²) in [6.07, 6.45) is 15.9. The molecule has 0 amide bonds. The average molecular weight is 224 g/mol. The molecule has 0 aromatic rings. The van der Waals surface area contributed by atoms with Crippen LogP contribution in [0.1, 0.15) is 64.2 Å². The lowest BCUT2D eigenvalue weighted by atomic mass is 10.1. The first-order valence-electron chi connectivity index (χ1n) is 6.70. The zero-order chi connectivity index (χ0) is 11.5. The Balaban J connectivity index is 2.20. The molecule has 0 N–H and O–H groups in total. The van der Waals surface area contributed by atoms with E-state index in [9.17, 15) is 4.79 Å². The van der Waals surface area contributed by atoms with E-state index in [2.05, 4.69) is 6.08 Å². The fourth-order valence-corrected chi connectivity index (χ4v) is 1.99. The van der Waals surface area contributed by atoms with Gasteiger partial charge in [-0.05, 0) is 19.3 Å². The van der Waals surface area contributed by atoms with E-state index in [1.165, 1.54) is 44.9 Å². The van der Waals surface area contributed by atoms with E-state index in [-0.39, 0.29) is 5.97 Å². The summed E-state index contributed by atoms with van der Waals surface area (Å²) in [6.45, 7) is 0.457. The maximum absolute atomic E-state index is 11.3. The Morgan fingerprint density at radius 2 is 1.44 bits per heavy atom. The molecule has 0 bridgehead atoms. The normalized spacial score (nSPS) is 23.9. The first kappa shape index (κ1) is 13.3. The number of carbonyl (C=O) groups excluding carboxylic acids is 1. The summed E-state index contributed by atoms with van der Waals surface area (Å²) in [5.41, 5.74) is 0. The Hall–Kier alpha value is -0.790. The van der Waals surface area contributed by atoms with Crippen molar-refractivity contribution in [1.29, 1.82) is 0 Å². The molecule has 0 radical (unpaired) electrons. The van der Waals surface area contributed by atoms with Gasteiger partial charge < -0.3 is 4.74 Å². The minimum Gasteiger partial charge on any atom is -0.461 e. The number of carbonyl (C=O) groups is 1. The molecular weight excluding hydrogens is 200 g/mol. The van der Waals surface area contributed by atoms with Crippen molar-refractivity contribution < 1.29 is 9.53 Å². The van der Waals surface area contributed by atoms with Gasteiger partial charge in [-0.1, -0.05) is 50.7 Å². The fourth-order valence-electron chi connectivity index (χ4n) is 1.99. The van der Waals surface area contributed by atoms with Crippen LogP contribution in [-0.4, -0.2) is 12.6 Å². The lowest BCUT2D eigenvalue weighted by Gasteiger charge is -2.02. The Labute approximate surface area is 99.1 Å². The molecule has 0 atom stereocenters. The van der Waals surface area contributed by atoms with Crippen LogP contribution in [0.2, 0.25) is 0 Å². The Morgan fingerprint density at radius 3 is 2.19 bits per heavy atom. The molecular formula is C14H24O2. The van der Waals surface area contributed by atoms with Crippen LogP contribution in [0.25, 0.3) is 0 Å². The monoisotopic (exact) mass is 224 g/mol. The average Bonchev–Trinajstić information content (AvgIpc) is 2.29. The predicted molar refractivity (Wildman–Crippen MR) is 66.3 cm³/mol. The Morgan fingerprint density at radius 1 is 0.812 bits per heavy atom. The van der Waals surface area contributed by atoms with Crippen molar-refractivity contribution in [2.45, 2.75) is 64.2 Å². The molecule has 1 rings (SSSR count). The zero-order valence-electron chi connectivity index (χ0n) is 10.2. The Bertz CT molecular complexity index is 209. The van der Waals surface area contributed by atoms with Crippen molar-refractivity contribution in [3.05, 3.63) is 12.2 Å². The molecule has 0 spiro atoms. The smallest absolute Gasteiger partial charge is 0.306 e. The van der Waals surface area contributed by atoms with Crippen molar-refractivity contribution in [2.24, 2.45) is 0 Å². The number of allylic oxidation sites excluding steroid dienone is 1. The highest BCUT2D eigenvalue weighted by molar-refractivity contribution is 5.69. The van der Waals surface area contributed by atoms with E-state index in [1.807, 2.05) is 6.08 Å². The number of hydrogen-bond donors (Lipinski definition) is 0. The van der Waals surface area contributed by atoms with Crippen LogP contribution in [0.3, 0.4) is 0 Å². The van der Waals surface area contributed by atoms with Crippen LogP contribution < -0.4 is 0 Å². The largest absolute Gasteiger partial charge is 0.461 e. The van der Waals surface area contributed by atoms with Gasteiger partial charge in [-0.15, -0.1) is 0 Å². The van der Waals surface area contributed by atoms with Crippen molar-refractivity contribution in [2.75, 3.05) is 6.61 Å². The molecule has 0 aromatic heterocycles. The second-order valence-electron chi connectivity index (χ2n) is 4.52. The lowest BCUT2D eigenvalue weighted by molar-refractivity contribution is -0.142. The third kappa shape index (κ3) is 7.49. The molecule has 1 aliphatic rings. The summed E-state index contributed by atoms with van der Waals surface area (Å²) in [6, 6.07) is 0. The Kier molecular flexibility index (Phi) is 7.83. The minimum absolute atomic E-state index is 0.0421. The summed E-state index contributed by atoms with van der Waals surface area (Å²) in [7, 11) is 0. The molecule has 0 saturated heterocycles. The van der Waals surface area contributed by atoms with Gasteiger partial charge in [0.2, 0.25) is 0 Å². The first-order chi connectivity index (χ1) is 7.89. The molecule has 0 saturated carbocycles. The highest BCUT2D eigenvalue weighted by Crippen LogP contribution is 2.11. The van der Waals surface area contributed by atoms with Crippen LogP contribution >= 0.6 is 0 Å².